The average molecular weight is 322 g/mol. The molecule has 4 rings (SSSR count). The Labute approximate surface area is 140 Å². The van der Waals surface area contributed by atoms with Gasteiger partial charge < -0.3 is 14.4 Å². The second-order valence-electron chi connectivity index (χ2n) is 6.42. The highest BCUT2D eigenvalue weighted by Gasteiger charge is 2.21. The van der Waals surface area contributed by atoms with Gasteiger partial charge in [0.25, 0.3) is 0 Å². The molecule has 0 atom stereocenters. The lowest BCUT2D eigenvalue weighted by Crippen LogP contribution is -3.08. The first kappa shape index (κ1) is 15.0. The Kier molecular flexibility index (Phi) is 3.82. The Morgan fingerprint density at radius 3 is 2.54 bits per heavy atom. The van der Waals surface area contributed by atoms with E-state index in [1.165, 1.54) is 23.8 Å². The zero-order valence-electron chi connectivity index (χ0n) is 13.4. The van der Waals surface area contributed by atoms with Crippen molar-refractivity contribution in [2.75, 3.05) is 13.1 Å². The van der Waals surface area contributed by atoms with Gasteiger partial charge in [0.05, 0.1) is 18.7 Å². The minimum Gasteiger partial charge on any atom is -0.507 e. The standard InChI is InChI=1S/C20H19NO3/c22-18-9-8-15-16(14-6-2-1-3-7-14)12-19(23)24-20(15)17(18)13-21-10-4-5-11-21/h1-3,6-9,12,22H,4-5,10-11,13H2/p+1. The highest BCUT2D eigenvalue weighted by Crippen LogP contribution is 2.32. The summed E-state index contributed by atoms with van der Waals surface area (Å²) >= 11 is 0. The fourth-order valence-electron chi connectivity index (χ4n) is 3.60. The van der Waals surface area contributed by atoms with E-state index in [4.69, 9.17) is 4.42 Å². The molecule has 0 amide bonds. The van der Waals surface area contributed by atoms with E-state index in [0.717, 1.165) is 35.2 Å². The van der Waals surface area contributed by atoms with Gasteiger partial charge in [0.2, 0.25) is 0 Å². The van der Waals surface area contributed by atoms with E-state index < -0.39 is 0 Å². The van der Waals surface area contributed by atoms with Crippen LogP contribution in [0.2, 0.25) is 0 Å². The first-order valence-electron chi connectivity index (χ1n) is 8.40. The molecule has 2 heterocycles. The third kappa shape index (κ3) is 2.69. The minimum atomic E-state index is -0.385. The molecule has 1 aromatic heterocycles. The third-order valence-electron chi connectivity index (χ3n) is 4.81. The number of nitrogens with one attached hydrogen (secondary N) is 1. The number of phenolic OH excluding ortho intramolecular Hbond substituents is 1. The van der Waals surface area contributed by atoms with Crippen molar-refractivity contribution < 1.29 is 14.4 Å². The zero-order chi connectivity index (χ0) is 16.5. The first-order chi connectivity index (χ1) is 11.7. The maximum absolute atomic E-state index is 12.1. The van der Waals surface area contributed by atoms with E-state index in [9.17, 15) is 9.90 Å². The molecule has 3 aromatic rings. The Balaban J connectivity index is 1.92. The molecule has 24 heavy (non-hydrogen) atoms. The van der Waals surface area contributed by atoms with Crippen LogP contribution < -0.4 is 10.5 Å². The third-order valence-corrected chi connectivity index (χ3v) is 4.81. The lowest BCUT2D eigenvalue weighted by molar-refractivity contribution is -0.901. The second-order valence-corrected chi connectivity index (χ2v) is 6.42. The van der Waals surface area contributed by atoms with Crippen LogP contribution in [0.15, 0.2) is 57.7 Å². The average Bonchev–Trinajstić information content (AvgIpc) is 3.11. The SMILES string of the molecule is O=c1cc(-c2ccccc2)c2ccc(O)c(C[NH+]3CCCC3)c2o1. The number of aromatic hydroxyl groups is 1. The monoisotopic (exact) mass is 322 g/mol. The van der Waals surface area contributed by atoms with Crippen LogP contribution in [0.3, 0.4) is 0 Å². The molecule has 1 aliphatic heterocycles. The largest absolute Gasteiger partial charge is 0.507 e. The van der Waals surface area contributed by atoms with Crippen LogP contribution in [-0.4, -0.2) is 18.2 Å². The summed E-state index contributed by atoms with van der Waals surface area (Å²) < 4.78 is 5.52. The number of hydrogen-bond acceptors (Lipinski definition) is 3. The van der Waals surface area contributed by atoms with Crippen molar-refractivity contribution in [3.63, 3.8) is 0 Å². The van der Waals surface area contributed by atoms with Gasteiger partial charge in [-0.25, -0.2) is 4.79 Å². The van der Waals surface area contributed by atoms with Crippen molar-refractivity contribution in [2.24, 2.45) is 0 Å². The van der Waals surface area contributed by atoms with Crippen molar-refractivity contribution in [3.05, 3.63) is 64.5 Å². The Morgan fingerprint density at radius 1 is 1.04 bits per heavy atom. The molecule has 1 aliphatic rings. The van der Waals surface area contributed by atoms with E-state index in [1.807, 2.05) is 36.4 Å². The maximum atomic E-state index is 12.1. The quantitative estimate of drug-likeness (QED) is 0.728. The Morgan fingerprint density at radius 2 is 1.79 bits per heavy atom. The topological polar surface area (TPSA) is 54.9 Å². The molecule has 0 aliphatic carbocycles. The molecule has 0 radical (unpaired) electrons. The molecular weight excluding hydrogens is 302 g/mol. The van der Waals surface area contributed by atoms with Gasteiger partial charge in [0.1, 0.15) is 12.3 Å². The lowest BCUT2D eigenvalue weighted by atomic mass is 9.99. The fraction of sp³-hybridized carbons (Fsp3) is 0.250. The molecule has 122 valence electrons. The Bertz CT molecular complexity index is 925. The van der Waals surface area contributed by atoms with Crippen molar-refractivity contribution >= 4 is 11.0 Å². The summed E-state index contributed by atoms with van der Waals surface area (Å²) in [4.78, 5) is 13.5. The van der Waals surface area contributed by atoms with Crippen LogP contribution in [0.4, 0.5) is 0 Å². The number of fused-ring (bicyclic) bond motifs is 1. The van der Waals surface area contributed by atoms with Crippen LogP contribution in [0.5, 0.6) is 5.75 Å². The van der Waals surface area contributed by atoms with Gasteiger partial charge in [-0.3, -0.25) is 0 Å². The molecule has 0 spiro atoms. The summed E-state index contributed by atoms with van der Waals surface area (Å²) in [6, 6.07) is 14.9. The smallest absolute Gasteiger partial charge is 0.336 e. The molecular formula is C20H20NO3+. The zero-order valence-corrected chi connectivity index (χ0v) is 13.4. The number of hydrogen-bond donors (Lipinski definition) is 2. The van der Waals surface area contributed by atoms with Gasteiger partial charge in [-0.05, 0) is 23.3 Å². The van der Waals surface area contributed by atoms with Gasteiger partial charge in [-0.2, -0.15) is 0 Å². The fourth-order valence-corrected chi connectivity index (χ4v) is 3.60. The van der Waals surface area contributed by atoms with Gasteiger partial charge in [-0.1, -0.05) is 30.3 Å². The molecule has 4 nitrogen and oxygen atoms in total. The molecule has 2 aromatic carbocycles. The first-order valence-corrected chi connectivity index (χ1v) is 8.40. The molecule has 0 bridgehead atoms. The van der Waals surface area contributed by atoms with Gasteiger partial charge in [0.15, 0.2) is 5.58 Å². The van der Waals surface area contributed by atoms with E-state index in [1.54, 1.807) is 6.07 Å². The van der Waals surface area contributed by atoms with Gasteiger partial charge >= 0.3 is 5.63 Å². The predicted octanol–water partition coefficient (Wildman–Crippen LogP) is 2.34. The summed E-state index contributed by atoms with van der Waals surface area (Å²) in [5.74, 6) is 0.204. The van der Waals surface area contributed by atoms with E-state index in [0.29, 0.717) is 12.1 Å². The summed E-state index contributed by atoms with van der Waals surface area (Å²) in [5, 5.41) is 11.2. The van der Waals surface area contributed by atoms with Gasteiger partial charge in [0, 0.05) is 24.3 Å². The molecule has 0 unspecified atom stereocenters. The van der Waals surface area contributed by atoms with Gasteiger partial charge in [-0.15, -0.1) is 0 Å². The lowest BCUT2D eigenvalue weighted by Gasteiger charge is -2.15. The number of benzene rings is 2. The molecule has 1 fully saturated rings. The highest BCUT2D eigenvalue weighted by molar-refractivity contribution is 5.95. The minimum absolute atomic E-state index is 0.204. The van der Waals surface area contributed by atoms with Crippen LogP contribution in [0, 0.1) is 0 Å². The molecule has 2 N–H and O–H groups in total. The van der Waals surface area contributed by atoms with Crippen molar-refractivity contribution in [3.8, 4) is 16.9 Å². The second kappa shape index (κ2) is 6.13. The van der Waals surface area contributed by atoms with Crippen LogP contribution in [0.25, 0.3) is 22.1 Å². The summed E-state index contributed by atoms with van der Waals surface area (Å²) in [5.41, 5.74) is 2.68. The van der Waals surface area contributed by atoms with Crippen LogP contribution in [-0.2, 0) is 6.54 Å². The highest BCUT2D eigenvalue weighted by atomic mass is 16.4. The number of phenols is 1. The molecule has 1 saturated heterocycles. The number of rotatable bonds is 3. The summed E-state index contributed by atoms with van der Waals surface area (Å²) in [7, 11) is 0. The normalized spacial score (nSPS) is 15.2. The summed E-state index contributed by atoms with van der Waals surface area (Å²) in [6.07, 6.45) is 2.42. The number of quaternary nitrogens is 1. The van der Waals surface area contributed by atoms with Crippen molar-refractivity contribution in [2.45, 2.75) is 19.4 Å². The van der Waals surface area contributed by atoms with Crippen LogP contribution in [0.1, 0.15) is 18.4 Å². The molecule has 0 saturated carbocycles. The van der Waals surface area contributed by atoms with Crippen LogP contribution >= 0.6 is 0 Å². The van der Waals surface area contributed by atoms with Crippen molar-refractivity contribution in [1.82, 2.24) is 0 Å². The number of likely N-dealkylation sites (tertiary alicyclic amines) is 1. The van der Waals surface area contributed by atoms with E-state index in [2.05, 4.69) is 0 Å². The van der Waals surface area contributed by atoms with E-state index in [-0.39, 0.29) is 11.4 Å². The maximum Gasteiger partial charge on any atom is 0.336 e. The molecule has 4 heteroatoms. The summed E-state index contributed by atoms with van der Waals surface area (Å²) in [6.45, 7) is 2.88. The van der Waals surface area contributed by atoms with Crippen molar-refractivity contribution in [1.29, 1.82) is 0 Å². The Hall–Kier alpha value is -2.59. The predicted molar refractivity (Wildman–Crippen MR) is 93.2 cm³/mol. The van der Waals surface area contributed by atoms with E-state index >= 15 is 0 Å².